The van der Waals surface area contributed by atoms with Crippen LogP contribution in [0, 0.1) is 0 Å². The summed E-state index contributed by atoms with van der Waals surface area (Å²) in [5.41, 5.74) is 0. The Kier molecular flexibility index (Phi) is 9.00. The Morgan fingerprint density at radius 1 is 1.50 bits per heavy atom. The lowest BCUT2D eigenvalue weighted by Crippen LogP contribution is -2.33. The molecule has 0 saturated heterocycles. The molecule has 0 aromatic heterocycles. The third kappa shape index (κ3) is 7.10. The van der Waals surface area contributed by atoms with Gasteiger partial charge in [0.15, 0.2) is 0 Å². The number of rotatable bonds is 9. The predicted octanol–water partition coefficient (Wildman–Crippen LogP) is 2.75. The lowest BCUT2D eigenvalue weighted by molar-refractivity contribution is 0.0994. The van der Waals surface area contributed by atoms with Crippen molar-refractivity contribution >= 4 is 0 Å². The van der Waals surface area contributed by atoms with Gasteiger partial charge < -0.3 is 10.1 Å². The fraction of sp³-hybridized carbons (Fsp3) is 0.833. The quantitative estimate of drug-likeness (QED) is 0.577. The van der Waals surface area contributed by atoms with Crippen molar-refractivity contribution < 1.29 is 4.74 Å². The van der Waals surface area contributed by atoms with Crippen LogP contribution >= 0.6 is 0 Å². The van der Waals surface area contributed by atoms with E-state index in [4.69, 9.17) is 4.74 Å². The highest BCUT2D eigenvalue weighted by atomic mass is 16.5. The van der Waals surface area contributed by atoms with Gasteiger partial charge in [0.25, 0.3) is 0 Å². The molecular weight excluding hydrogens is 174 g/mol. The Labute approximate surface area is 88.7 Å². The van der Waals surface area contributed by atoms with Gasteiger partial charge in [-0.3, -0.25) is 0 Å². The Hall–Kier alpha value is -0.340. The highest BCUT2D eigenvalue weighted by Gasteiger charge is 2.10. The van der Waals surface area contributed by atoms with Crippen LogP contribution in [0.25, 0.3) is 0 Å². The minimum Gasteiger partial charge on any atom is -0.382 e. The molecule has 0 bridgehead atoms. The third-order valence-corrected chi connectivity index (χ3v) is 2.42. The van der Waals surface area contributed by atoms with E-state index in [-0.39, 0.29) is 0 Å². The van der Waals surface area contributed by atoms with Gasteiger partial charge in [0, 0.05) is 13.2 Å². The number of hydrogen-bond donors (Lipinski definition) is 1. The Balaban J connectivity index is 3.76. The van der Waals surface area contributed by atoms with Crippen molar-refractivity contribution in [1.29, 1.82) is 0 Å². The zero-order chi connectivity index (χ0) is 10.8. The molecule has 2 atom stereocenters. The molecule has 0 radical (unpaired) electrons. The molecule has 0 aliphatic rings. The van der Waals surface area contributed by atoms with Gasteiger partial charge in [0.05, 0.1) is 6.10 Å². The first-order valence-electron chi connectivity index (χ1n) is 5.61. The number of allylic oxidation sites excluding steroid dienone is 1. The molecule has 1 N–H and O–H groups in total. The van der Waals surface area contributed by atoms with Crippen LogP contribution in [-0.4, -0.2) is 25.8 Å². The van der Waals surface area contributed by atoms with E-state index in [0.717, 1.165) is 25.8 Å². The monoisotopic (exact) mass is 199 g/mol. The topological polar surface area (TPSA) is 21.3 Å². The van der Waals surface area contributed by atoms with Gasteiger partial charge in [-0.05, 0) is 39.2 Å². The van der Waals surface area contributed by atoms with Crippen LogP contribution in [-0.2, 0) is 4.74 Å². The van der Waals surface area contributed by atoms with Gasteiger partial charge in [-0.15, -0.1) is 6.58 Å². The summed E-state index contributed by atoms with van der Waals surface area (Å²) in [6, 6.07) is 0.572. The summed E-state index contributed by atoms with van der Waals surface area (Å²) in [5, 5.41) is 3.54. The molecule has 0 aliphatic heterocycles. The first-order chi connectivity index (χ1) is 6.74. The zero-order valence-electron chi connectivity index (χ0n) is 9.88. The van der Waals surface area contributed by atoms with Crippen LogP contribution in [0.15, 0.2) is 12.7 Å². The highest BCUT2D eigenvalue weighted by molar-refractivity contribution is 4.75. The lowest BCUT2D eigenvalue weighted by Gasteiger charge is -2.21. The minimum absolute atomic E-state index is 0.342. The van der Waals surface area contributed by atoms with Crippen LogP contribution in [0.1, 0.15) is 39.5 Å². The normalized spacial score (nSPS) is 15.1. The van der Waals surface area contributed by atoms with Gasteiger partial charge in [-0.1, -0.05) is 13.0 Å². The predicted molar refractivity (Wildman–Crippen MR) is 62.6 cm³/mol. The molecular formula is C12H25NO. The maximum atomic E-state index is 5.27. The minimum atomic E-state index is 0.342. The second-order valence-corrected chi connectivity index (χ2v) is 3.80. The van der Waals surface area contributed by atoms with Crippen molar-refractivity contribution in [1.82, 2.24) is 5.32 Å². The summed E-state index contributed by atoms with van der Waals surface area (Å²) in [5.74, 6) is 0. The van der Waals surface area contributed by atoms with Crippen LogP contribution in [0.3, 0.4) is 0 Å². The second kappa shape index (κ2) is 9.22. The van der Waals surface area contributed by atoms with Gasteiger partial charge in [0.2, 0.25) is 0 Å². The summed E-state index contributed by atoms with van der Waals surface area (Å²) in [6.45, 7) is 9.16. The standard InChI is InChI=1S/C12H25NO/c1-5-7-8-12(13-9-6-2)10-11(3)14-4/h5,11-13H,1,6-10H2,2-4H3. The van der Waals surface area contributed by atoms with Crippen LogP contribution in [0.2, 0.25) is 0 Å². The summed E-state index contributed by atoms with van der Waals surface area (Å²) in [7, 11) is 1.77. The molecule has 0 saturated carbocycles. The molecule has 2 nitrogen and oxygen atoms in total. The van der Waals surface area contributed by atoms with Crippen molar-refractivity contribution in [3.63, 3.8) is 0 Å². The van der Waals surface area contributed by atoms with Gasteiger partial charge in [-0.2, -0.15) is 0 Å². The molecule has 14 heavy (non-hydrogen) atoms. The van der Waals surface area contributed by atoms with Crippen LogP contribution in [0.4, 0.5) is 0 Å². The van der Waals surface area contributed by atoms with E-state index in [9.17, 15) is 0 Å². The Bertz CT molecular complexity index is 136. The molecule has 2 heteroatoms. The van der Waals surface area contributed by atoms with E-state index < -0.39 is 0 Å². The first kappa shape index (κ1) is 13.7. The summed E-state index contributed by atoms with van der Waals surface area (Å²) in [4.78, 5) is 0. The van der Waals surface area contributed by atoms with Crippen molar-refractivity contribution in [2.45, 2.75) is 51.7 Å². The number of nitrogens with one attached hydrogen (secondary N) is 1. The fourth-order valence-electron chi connectivity index (χ4n) is 1.47. The van der Waals surface area contributed by atoms with Gasteiger partial charge in [0.1, 0.15) is 0 Å². The van der Waals surface area contributed by atoms with E-state index in [1.54, 1.807) is 7.11 Å². The van der Waals surface area contributed by atoms with Crippen molar-refractivity contribution in [3.05, 3.63) is 12.7 Å². The molecule has 0 heterocycles. The summed E-state index contributed by atoms with van der Waals surface area (Å²) in [6.07, 6.45) is 6.85. The van der Waals surface area contributed by atoms with E-state index in [1.165, 1.54) is 6.42 Å². The van der Waals surface area contributed by atoms with Crippen molar-refractivity contribution in [2.75, 3.05) is 13.7 Å². The number of ether oxygens (including phenoxy) is 1. The SMILES string of the molecule is C=CCCC(CC(C)OC)NCCC. The molecule has 0 aliphatic carbocycles. The van der Waals surface area contributed by atoms with E-state index in [2.05, 4.69) is 25.7 Å². The fourth-order valence-corrected chi connectivity index (χ4v) is 1.47. The molecule has 0 amide bonds. The molecule has 0 aromatic carbocycles. The van der Waals surface area contributed by atoms with E-state index >= 15 is 0 Å². The smallest absolute Gasteiger partial charge is 0.0558 e. The molecule has 0 aromatic rings. The zero-order valence-corrected chi connectivity index (χ0v) is 9.88. The molecule has 0 fully saturated rings. The van der Waals surface area contributed by atoms with Crippen LogP contribution < -0.4 is 5.32 Å². The average Bonchev–Trinajstić information content (AvgIpc) is 2.21. The molecule has 0 rings (SSSR count). The Morgan fingerprint density at radius 3 is 2.71 bits per heavy atom. The van der Waals surface area contributed by atoms with Crippen molar-refractivity contribution in [2.24, 2.45) is 0 Å². The maximum Gasteiger partial charge on any atom is 0.0558 e. The molecule has 84 valence electrons. The van der Waals surface area contributed by atoms with E-state index in [1.807, 2.05) is 6.08 Å². The number of methoxy groups -OCH3 is 1. The largest absolute Gasteiger partial charge is 0.382 e. The second-order valence-electron chi connectivity index (χ2n) is 3.80. The highest BCUT2D eigenvalue weighted by Crippen LogP contribution is 2.07. The van der Waals surface area contributed by atoms with Crippen molar-refractivity contribution in [3.8, 4) is 0 Å². The van der Waals surface area contributed by atoms with Gasteiger partial charge >= 0.3 is 0 Å². The molecule has 0 spiro atoms. The van der Waals surface area contributed by atoms with E-state index in [0.29, 0.717) is 12.1 Å². The third-order valence-electron chi connectivity index (χ3n) is 2.42. The summed E-state index contributed by atoms with van der Waals surface area (Å²) >= 11 is 0. The van der Waals surface area contributed by atoms with Crippen LogP contribution in [0.5, 0.6) is 0 Å². The summed E-state index contributed by atoms with van der Waals surface area (Å²) < 4.78 is 5.27. The first-order valence-corrected chi connectivity index (χ1v) is 5.61. The average molecular weight is 199 g/mol. The maximum absolute atomic E-state index is 5.27. The Morgan fingerprint density at radius 2 is 2.21 bits per heavy atom. The molecule has 2 unspecified atom stereocenters. The van der Waals surface area contributed by atoms with Gasteiger partial charge in [-0.25, -0.2) is 0 Å². The number of hydrogen-bond acceptors (Lipinski definition) is 2. The lowest BCUT2D eigenvalue weighted by atomic mass is 10.0.